The zero-order valence-electron chi connectivity index (χ0n) is 15.0. The van der Waals surface area contributed by atoms with E-state index in [-0.39, 0.29) is 11.8 Å². The average Bonchev–Trinajstić information content (AvgIpc) is 3.28. The fourth-order valence-electron chi connectivity index (χ4n) is 3.35. The average molecular weight is 362 g/mol. The van der Waals surface area contributed by atoms with E-state index < -0.39 is 0 Å². The second-order valence-corrected chi connectivity index (χ2v) is 6.67. The van der Waals surface area contributed by atoms with Crippen LogP contribution in [0, 0.1) is 5.92 Å². The van der Waals surface area contributed by atoms with Gasteiger partial charge in [0.1, 0.15) is 24.3 Å². The Balaban J connectivity index is 1.32. The van der Waals surface area contributed by atoms with Gasteiger partial charge in [-0.2, -0.15) is 0 Å². The molecule has 1 aliphatic heterocycles. The molecule has 1 saturated heterocycles. The molecule has 7 nitrogen and oxygen atoms in total. The molecule has 0 saturated carbocycles. The number of hydrogen-bond acceptors (Lipinski definition) is 5. The Morgan fingerprint density at radius 1 is 1.11 bits per heavy atom. The molecule has 1 fully saturated rings. The Morgan fingerprint density at radius 3 is 2.63 bits per heavy atom. The first-order chi connectivity index (χ1) is 13.3. The molecule has 138 valence electrons. The van der Waals surface area contributed by atoms with Crippen molar-refractivity contribution in [3.63, 3.8) is 0 Å². The third-order valence-electron chi connectivity index (χ3n) is 4.91. The summed E-state index contributed by atoms with van der Waals surface area (Å²) in [4.78, 5) is 27.4. The Labute approximate surface area is 158 Å². The summed E-state index contributed by atoms with van der Waals surface area (Å²) in [6.07, 6.45) is 8.52. The van der Waals surface area contributed by atoms with Gasteiger partial charge in [-0.15, -0.1) is 0 Å². The molecular formula is C20H22N6O. The maximum absolute atomic E-state index is 12.5. The molecule has 1 amide bonds. The number of anilines is 1. The molecule has 7 heteroatoms. The number of nitrogens with one attached hydrogen (secondary N) is 1. The standard InChI is InChI=1S/C20H22N6O/c27-20(22-13-16-4-2-1-3-5-16)17-6-9-25(10-7-17)18-12-19(24-14-23-18)26-11-8-21-15-26/h1-5,8,11-12,14-15,17H,6-7,9-10,13H2,(H,22,27). The van der Waals surface area contributed by atoms with Crippen LogP contribution >= 0.6 is 0 Å². The van der Waals surface area contributed by atoms with Gasteiger partial charge in [-0.05, 0) is 18.4 Å². The number of carbonyl (C=O) groups is 1. The normalized spacial score (nSPS) is 14.9. The van der Waals surface area contributed by atoms with E-state index in [4.69, 9.17) is 0 Å². The lowest BCUT2D eigenvalue weighted by molar-refractivity contribution is -0.125. The Bertz CT molecular complexity index is 873. The first-order valence-corrected chi connectivity index (χ1v) is 9.16. The molecule has 3 aromatic rings. The first-order valence-electron chi connectivity index (χ1n) is 9.16. The van der Waals surface area contributed by atoms with E-state index in [1.54, 1.807) is 18.9 Å². The van der Waals surface area contributed by atoms with Crippen molar-refractivity contribution in [2.24, 2.45) is 5.92 Å². The quantitative estimate of drug-likeness (QED) is 0.753. The molecular weight excluding hydrogens is 340 g/mol. The van der Waals surface area contributed by atoms with E-state index in [1.807, 2.05) is 47.2 Å². The minimum atomic E-state index is 0.0555. The van der Waals surface area contributed by atoms with Crippen LogP contribution < -0.4 is 10.2 Å². The zero-order chi connectivity index (χ0) is 18.5. The Morgan fingerprint density at radius 2 is 1.89 bits per heavy atom. The predicted octanol–water partition coefficient (Wildman–Crippen LogP) is 2.20. The number of nitrogens with zero attached hydrogens (tertiary/aromatic N) is 5. The molecule has 4 rings (SSSR count). The maximum atomic E-state index is 12.5. The maximum Gasteiger partial charge on any atom is 0.223 e. The molecule has 0 unspecified atom stereocenters. The lowest BCUT2D eigenvalue weighted by atomic mass is 9.96. The minimum absolute atomic E-state index is 0.0555. The van der Waals surface area contributed by atoms with E-state index in [0.717, 1.165) is 43.1 Å². The summed E-state index contributed by atoms with van der Waals surface area (Å²) >= 11 is 0. The lowest BCUT2D eigenvalue weighted by Crippen LogP contribution is -2.40. The van der Waals surface area contributed by atoms with Gasteiger partial charge in [0, 0.05) is 44.0 Å². The molecule has 1 aliphatic rings. The van der Waals surface area contributed by atoms with Gasteiger partial charge < -0.3 is 10.2 Å². The minimum Gasteiger partial charge on any atom is -0.356 e. The summed E-state index contributed by atoms with van der Waals surface area (Å²) in [7, 11) is 0. The van der Waals surface area contributed by atoms with Crippen molar-refractivity contribution in [3.05, 3.63) is 67.0 Å². The zero-order valence-corrected chi connectivity index (χ0v) is 15.0. The Hall–Kier alpha value is -3.22. The number of piperidine rings is 1. The van der Waals surface area contributed by atoms with Gasteiger partial charge in [-0.1, -0.05) is 30.3 Å². The highest BCUT2D eigenvalue weighted by Gasteiger charge is 2.25. The summed E-state index contributed by atoms with van der Waals surface area (Å²) in [5, 5.41) is 3.06. The molecule has 27 heavy (non-hydrogen) atoms. The third-order valence-corrected chi connectivity index (χ3v) is 4.91. The number of amides is 1. The van der Waals surface area contributed by atoms with Gasteiger partial charge >= 0.3 is 0 Å². The number of carbonyl (C=O) groups excluding carboxylic acids is 1. The van der Waals surface area contributed by atoms with Gasteiger partial charge in [-0.3, -0.25) is 9.36 Å². The molecule has 0 bridgehead atoms. The van der Waals surface area contributed by atoms with Crippen molar-refractivity contribution >= 4 is 11.7 Å². The second kappa shape index (κ2) is 7.99. The topological polar surface area (TPSA) is 75.9 Å². The number of benzene rings is 1. The predicted molar refractivity (Wildman–Crippen MR) is 102 cm³/mol. The largest absolute Gasteiger partial charge is 0.356 e. The van der Waals surface area contributed by atoms with Gasteiger partial charge in [0.05, 0.1) is 0 Å². The number of hydrogen-bond donors (Lipinski definition) is 1. The monoisotopic (exact) mass is 362 g/mol. The lowest BCUT2D eigenvalue weighted by Gasteiger charge is -2.32. The van der Waals surface area contributed by atoms with Crippen LogP contribution in [0.1, 0.15) is 18.4 Å². The molecule has 1 N–H and O–H groups in total. The highest BCUT2D eigenvalue weighted by atomic mass is 16.1. The van der Waals surface area contributed by atoms with Crippen molar-refractivity contribution in [2.75, 3.05) is 18.0 Å². The van der Waals surface area contributed by atoms with Crippen LogP contribution in [0.3, 0.4) is 0 Å². The smallest absolute Gasteiger partial charge is 0.223 e. The Kier molecular flexibility index (Phi) is 5.09. The van der Waals surface area contributed by atoms with Crippen LogP contribution in [0.2, 0.25) is 0 Å². The van der Waals surface area contributed by atoms with Gasteiger partial charge in [0.25, 0.3) is 0 Å². The van der Waals surface area contributed by atoms with E-state index in [0.29, 0.717) is 6.54 Å². The molecule has 0 atom stereocenters. The summed E-state index contributed by atoms with van der Waals surface area (Å²) in [6.45, 7) is 2.20. The van der Waals surface area contributed by atoms with Crippen LogP contribution in [0.25, 0.3) is 5.82 Å². The molecule has 0 radical (unpaired) electrons. The van der Waals surface area contributed by atoms with Crippen molar-refractivity contribution in [2.45, 2.75) is 19.4 Å². The van der Waals surface area contributed by atoms with Crippen LogP contribution in [0.4, 0.5) is 5.82 Å². The van der Waals surface area contributed by atoms with Crippen molar-refractivity contribution in [3.8, 4) is 5.82 Å². The SMILES string of the molecule is O=C(NCc1ccccc1)C1CCN(c2cc(-n3ccnc3)ncn2)CC1. The number of aromatic nitrogens is 4. The first kappa shape index (κ1) is 17.2. The van der Waals surface area contributed by atoms with Crippen molar-refractivity contribution < 1.29 is 4.79 Å². The van der Waals surface area contributed by atoms with Crippen LogP contribution in [0.5, 0.6) is 0 Å². The van der Waals surface area contributed by atoms with Crippen LogP contribution in [-0.4, -0.2) is 38.5 Å². The number of imidazole rings is 1. The third kappa shape index (κ3) is 4.13. The summed E-state index contributed by atoms with van der Waals surface area (Å²) in [5.74, 6) is 1.87. The van der Waals surface area contributed by atoms with Gasteiger partial charge in [-0.25, -0.2) is 15.0 Å². The molecule has 3 heterocycles. The summed E-state index contributed by atoms with van der Waals surface area (Å²) < 4.78 is 1.86. The second-order valence-electron chi connectivity index (χ2n) is 6.67. The van der Waals surface area contributed by atoms with Gasteiger partial charge in [0.15, 0.2) is 0 Å². The van der Waals surface area contributed by atoms with Gasteiger partial charge in [0.2, 0.25) is 5.91 Å². The fourth-order valence-corrected chi connectivity index (χ4v) is 3.35. The van der Waals surface area contributed by atoms with Crippen molar-refractivity contribution in [1.82, 2.24) is 24.8 Å². The van der Waals surface area contributed by atoms with E-state index >= 15 is 0 Å². The molecule has 0 spiro atoms. The highest BCUT2D eigenvalue weighted by molar-refractivity contribution is 5.79. The summed E-state index contributed by atoms with van der Waals surface area (Å²) in [5.41, 5.74) is 1.12. The molecule has 1 aromatic carbocycles. The van der Waals surface area contributed by atoms with Crippen molar-refractivity contribution in [1.29, 1.82) is 0 Å². The molecule has 0 aliphatic carbocycles. The summed E-state index contributed by atoms with van der Waals surface area (Å²) in [6, 6.07) is 12.0. The molecule has 2 aromatic heterocycles. The highest BCUT2D eigenvalue weighted by Crippen LogP contribution is 2.23. The van der Waals surface area contributed by atoms with E-state index in [9.17, 15) is 4.79 Å². The number of rotatable bonds is 5. The fraction of sp³-hybridized carbons (Fsp3) is 0.300. The van der Waals surface area contributed by atoms with Crippen LogP contribution in [-0.2, 0) is 11.3 Å². The van der Waals surface area contributed by atoms with E-state index in [2.05, 4.69) is 25.2 Å². The van der Waals surface area contributed by atoms with E-state index in [1.165, 1.54) is 0 Å². The van der Waals surface area contributed by atoms with Crippen LogP contribution in [0.15, 0.2) is 61.4 Å².